The molecule has 0 unspecified atom stereocenters. The van der Waals surface area contributed by atoms with E-state index in [-0.39, 0.29) is 24.3 Å². The van der Waals surface area contributed by atoms with Crippen molar-refractivity contribution in [3.8, 4) is 17.0 Å². The Bertz CT molecular complexity index is 1230. The van der Waals surface area contributed by atoms with E-state index in [1.54, 1.807) is 36.3 Å². The molecule has 9 heteroatoms. The lowest BCUT2D eigenvalue weighted by Gasteiger charge is -2.28. The Morgan fingerprint density at radius 2 is 1.79 bits per heavy atom. The lowest BCUT2D eigenvalue weighted by Crippen LogP contribution is -2.45. The van der Waals surface area contributed by atoms with Crippen molar-refractivity contribution < 1.29 is 14.3 Å². The molecule has 0 spiro atoms. The van der Waals surface area contributed by atoms with Crippen LogP contribution in [0.1, 0.15) is 30.6 Å². The van der Waals surface area contributed by atoms with Gasteiger partial charge in [-0.05, 0) is 60.9 Å². The molecule has 38 heavy (non-hydrogen) atoms. The van der Waals surface area contributed by atoms with E-state index in [2.05, 4.69) is 15.1 Å². The molecule has 0 radical (unpaired) electrons. The number of nitrogens with zero attached hydrogens (tertiary/aromatic N) is 5. The molecular weight excluding hydrogens is 502 g/mol. The standard InChI is InChI=1S/C29H34ClN5O3/c1-21(2)19-35(29(37)22-8-10-24(30)11-9-22)20-28(36)34-15-5-14-33(16-17-34)27-13-12-26(31-32-27)23-6-4-7-25(18-23)38-3/h4,6-13,18,21H,5,14-17,19-20H2,1-3H3. The Hall–Kier alpha value is -3.65. The van der Waals surface area contributed by atoms with Crippen LogP contribution in [0.2, 0.25) is 5.02 Å². The lowest BCUT2D eigenvalue weighted by atomic mass is 10.1. The van der Waals surface area contributed by atoms with E-state index in [9.17, 15) is 9.59 Å². The summed E-state index contributed by atoms with van der Waals surface area (Å²) >= 11 is 5.98. The van der Waals surface area contributed by atoms with Gasteiger partial charge >= 0.3 is 0 Å². The van der Waals surface area contributed by atoms with E-state index in [1.165, 1.54) is 0 Å². The molecule has 3 aromatic rings. The van der Waals surface area contributed by atoms with Gasteiger partial charge in [-0.1, -0.05) is 37.6 Å². The topological polar surface area (TPSA) is 78.9 Å². The van der Waals surface area contributed by atoms with Gasteiger partial charge in [-0.3, -0.25) is 9.59 Å². The average molecular weight is 536 g/mol. The molecule has 4 rings (SSSR count). The van der Waals surface area contributed by atoms with Gasteiger partial charge in [-0.2, -0.15) is 0 Å². The predicted octanol–water partition coefficient (Wildman–Crippen LogP) is 4.64. The van der Waals surface area contributed by atoms with E-state index in [4.69, 9.17) is 16.3 Å². The third-order valence-electron chi connectivity index (χ3n) is 6.48. The van der Waals surface area contributed by atoms with Crippen molar-refractivity contribution in [1.82, 2.24) is 20.0 Å². The van der Waals surface area contributed by atoms with Crippen molar-refractivity contribution in [2.75, 3.05) is 51.3 Å². The molecule has 2 heterocycles. The highest BCUT2D eigenvalue weighted by atomic mass is 35.5. The third kappa shape index (κ3) is 7.01. The fourth-order valence-electron chi connectivity index (χ4n) is 4.52. The molecule has 0 N–H and O–H groups in total. The number of rotatable bonds is 8. The monoisotopic (exact) mass is 535 g/mol. The van der Waals surface area contributed by atoms with Crippen molar-refractivity contribution in [3.63, 3.8) is 0 Å². The molecule has 1 fully saturated rings. The normalized spacial score (nSPS) is 13.8. The molecule has 1 aromatic heterocycles. The summed E-state index contributed by atoms with van der Waals surface area (Å²) in [5.74, 6) is 1.58. The number of methoxy groups -OCH3 is 1. The smallest absolute Gasteiger partial charge is 0.254 e. The number of ether oxygens (including phenoxy) is 1. The van der Waals surface area contributed by atoms with Gasteiger partial charge in [0.1, 0.15) is 12.3 Å². The minimum atomic E-state index is -0.161. The maximum atomic E-state index is 13.3. The number of carbonyl (C=O) groups is 2. The number of halogens is 1. The first kappa shape index (κ1) is 27.4. The molecule has 0 aliphatic carbocycles. The van der Waals surface area contributed by atoms with Gasteiger partial charge in [0, 0.05) is 48.9 Å². The van der Waals surface area contributed by atoms with Crippen molar-refractivity contribution >= 4 is 29.2 Å². The largest absolute Gasteiger partial charge is 0.497 e. The number of hydrogen-bond donors (Lipinski definition) is 0. The average Bonchev–Trinajstić information content (AvgIpc) is 3.19. The SMILES string of the molecule is COc1cccc(-c2ccc(N3CCCN(C(=O)CN(CC(C)C)C(=O)c4ccc(Cl)cc4)CC3)nn2)c1. The minimum Gasteiger partial charge on any atom is -0.497 e. The second-order valence-electron chi connectivity index (χ2n) is 9.82. The van der Waals surface area contributed by atoms with Gasteiger partial charge in [0.2, 0.25) is 5.91 Å². The van der Waals surface area contributed by atoms with Crippen molar-refractivity contribution in [2.45, 2.75) is 20.3 Å². The fraction of sp³-hybridized carbons (Fsp3) is 0.379. The number of amides is 2. The molecule has 0 bridgehead atoms. The van der Waals surface area contributed by atoms with Crippen molar-refractivity contribution in [2.24, 2.45) is 5.92 Å². The summed E-state index contributed by atoms with van der Waals surface area (Å²) in [6.45, 7) is 7.24. The second kappa shape index (κ2) is 12.7. The molecule has 1 aliphatic rings. The lowest BCUT2D eigenvalue weighted by molar-refractivity contribution is -0.131. The van der Waals surface area contributed by atoms with Crippen LogP contribution in [0.15, 0.2) is 60.7 Å². The first-order chi connectivity index (χ1) is 18.3. The summed E-state index contributed by atoms with van der Waals surface area (Å²) < 4.78 is 5.31. The molecule has 1 aliphatic heterocycles. The summed E-state index contributed by atoms with van der Waals surface area (Å²) in [6.07, 6.45) is 0.806. The van der Waals surface area contributed by atoms with E-state index >= 15 is 0 Å². The number of benzene rings is 2. The molecule has 2 amide bonds. The molecule has 2 aromatic carbocycles. The summed E-state index contributed by atoms with van der Waals surface area (Å²) in [7, 11) is 1.64. The molecule has 8 nitrogen and oxygen atoms in total. The predicted molar refractivity (Wildman–Crippen MR) is 150 cm³/mol. The highest BCUT2D eigenvalue weighted by molar-refractivity contribution is 6.30. The first-order valence-electron chi connectivity index (χ1n) is 12.9. The molecule has 0 atom stereocenters. The van der Waals surface area contributed by atoms with Gasteiger partial charge in [0.25, 0.3) is 5.91 Å². The van der Waals surface area contributed by atoms with Gasteiger partial charge < -0.3 is 19.4 Å². The van der Waals surface area contributed by atoms with Gasteiger partial charge in [-0.25, -0.2) is 0 Å². The van der Waals surface area contributed by atoms with Crippen LogP contribution in [0.25, 0.3) is 11.3 Å². The van der Waals surface area contributed by atoms with E-state index in [1.807, 2.05) is 55.1 Å². The summed E-state index contributed by atoms with van der Waals surface area (Å²) in [6, 6.07) is 18.4. The molecule has 1 saturated heterocycles. The maximum absolute atomic E-state index is 13.3. The van der Waals surface area contributed by atoms with Crippen LogP contribution in [0.5, 0.6) is 5.75 Å². The van der Waals surface area contributed by atoms with Gasteiger partial charge in [0.15, 0.2) is 5.82 Å². The summed E-state index contributed by atoms with van der Waals surface area (Å²) in [4.78, 5) is 32.1. The van der Waals surface area contributed by atoms with Crippen LogP contribution >= 0.6 is 11.6 Å². The maximum Gasteiger partial charge on any atom is 0.254 e. The van der Waals surface area contributed by atoms with E-state index in [0.717, 1.165) is 35.8 Å². The van der Waals surface area contributed by atoms with Crippen LogP contribution in [0.3, 0.4) is 0 Å². The van der Waals surface area contributed by atoms with Crippen molar-refractivity contribution in [3.05, 3.63) is 71.2 Å². The Labute approximate surface area is 229 Å². The van der Waals surface area contributed by atoms with Crippen molar-refractivity contribution in [1.29, 1.82) is 0 Å². The number of aromatic nitrogens is 2. The fourth-order valence-corrected chi connectivity index (χ4v) is 4.65. The van der Waals surface area contributed by atoms with Crippen LogP contribution in [0.4, 0.5) is 5.82 Å². The molecule has 0 saturated carbocycles. The van der Waals surface area contributed by atoms with Gasteiger partial charge in [0.05, 0.1) is 12.8 Å². The van der Waals surface area contributed by atoms with Crippen LogP contribution in [-0.2, 0) is 4.79 Å². The highest BCUT2D eigenvalue weighted by Gasteiger charge is 2.25. The third-order valence-corrected chi connectivity index (χ3v) is 6.73. The van der Waals surface area contributed by atoms with E-state index in [0.29, 0.717) is 36.8 Å². The highest BCUT2D eigenvalue weighted by Crippen LogP contribution is 2.23. The first-order valence-corrected chi connectivity index (χ1v) is 13.3. The Morgan fingerprint density at radius 1 is 1.00 bits per heavy atom. The Balaban J connectivity index is 1.38. The zero-order chi connectivity index (χ0) is 27.1. The van der Waals surface area contributed by atoms with Crippen LogP contribution < -0.4 is 9.64 Å². The Kier molecular flexibility index (Phi) is 9.18. The number of hydrogen-bond acceptors (Lipinski definition) is 6. The number of carbonyl (C=O) groups excluding carboxylic acids is 2. The Morgan fingerprint density at radius 3 is 2.47 bits per heavy atom. The molecular formula is C29H34ClN5O3. The quantitative estimate of drug-likeness (QED) is 0.418. The molecule has 200 valence electrons. The van der Waals surface area contributed by atoms with Crippen LogP contribution in [-0.4, -0.2) is 78.2 Å². The zero-order valence-electron chi connectivity index (χ0n) is 22.1. The van der Waals surface area contributed by atoms with Crippen LogP contribution in [0, 0.1) is 5.92 Å². The second-order valence-corrected chi connectivity index (χ2v) is 10.3. The zero-order valence-corrected chi connectivity index (χ0v) is 22.9. The summed E-state index contributed by atoms with van der Waals surface area (Å²) in [5.41, 5.74) is 2.24. The number of anilines is 1. The van der Waals surface area contributed by atoms with Gasteiger partial charge in [-0.15, -0.1) is 10.2 Å². The summed E-state index contributed by atoms with van der Waals surface area (Å²) in [5, 5.41) is 9.45. The van der Waals surface area contributed by atoms with E-state index < -0.39 is 0 Å². The minimum absolute atomic E-state index is 0.0470.